The van der Waals surface area contributed by atoms with Crippen LogP contribution in [0.25, 0.3) is 10.9 Å². The van der Waals surface area contributed by atoms with Crippen LogP contribution >= 0.6 is 0 Å². The second kappa shape index (κ2) is 2.48. The van der Waals surface area contributed by atoms with Gasteiger partial charge in [-0.2, -0.15) is 0 Å². The van der Waals surface area contributed by atoms with Gasteiger partial charge in [0.25, 0.3) is 0 Å². The lowest BCUT2D eigenvalue weighted by molar-refractivity contribution is -0.644. The van der Waals surface area contributed by atoms with Gasteiger partial charge in [0.05, 0.1) is 5.39 Å². The molecule has 0 aliphatic rings. The fourth-order valence-corrected chi connectivity index (χ4v) is 1.41. The number of nitrogens with two attached hydrogens (primary N) is 1. The van der Waals surface area contributed by atoms with Crippen molar-refractivity contribution in [1.82, 2.24) is 0 Å². The van der Waals surface area contributed by atoms with Crippen molar-refractivity contribution in [3.8, 4) is 0 Å². The van der Waals surface area contributed by atoms with Crippen molar-refractivity contribution in [2.24, 2.45) is 7.05 Å². The third-order valence-corrected chi connectivity index (χ3v) is 2.07. The Kier molecular flexibility index (Phi) is 1.47. The highest BCUT2D eigenvalue weighted by Gasteiger charge is 2.04. The molecule has 2 nitrogen and oxygen atoms in total. The number of hydrogen-bond acceptors (Lipinski definition) is 1. The van der Waals surface area contributed by atoms with Crippen molar-refractivity contribution in [3.63, 3.8) is 0 Å². The maximum Gasteiger partial charge on any atom is 0.214 e. The Bertz CT molecular complexity index is 380. The Morgan fingerprint density at radius 1 is 1.17 bits per heavy atom. The van der Waals surface area contributed by atoms with Gasteiger partial charge < -0.3 is 5.73 Å². The standard InChI is InChI=1S/C10H10N2/c1-12-7-3-4-8-9(11)5-2-6-10(8)12/h2-7,11H,1H3/p+1. The van der Waals surface area contributed by atoms with E-state index in [1.807, 2.05) is 37.5 Å². The fraction of sp³-hybridized carbons (Fsp3) is 0.100. The molecule has 0 amide bonds. The number of nitrogens with zero attached hydrogens (tertiary/aromatic N) is 1. The Morgan fingerprint density at radius 3 is 2.75 bits per heavy atom. The van der Waals surface area contributed by atoms with E-state index in [0.717, 1.165) is 16.6 Å². The predicted octanol–water partition coefficient (Wildman–Crippen LogP) is 1.25. The lowest BCUT2D eigenvalue weighted by Gasteiger charge is -1.98. The van der Waals surface area contributed by atoms with E-state index in [9.17, 15) is 0 Å². The Balaban J connectivity index is 2.94. The third-order valence-electron chi connectivity index (χ3n) is 2.07. The van der Waals surface area contributed by atoms with Crippen LogP contribution in [0.2, 0.25) is 0 Å². The fourth-order valence-electron chi connectivity index (χ4n) is 1.41. The summed E-state index contributed by atoms with van der Waals surface area (Å²) in [5, 5.41) is 1.11. The van der Waals surface area contributed by atoms with Crippen molar-refractivity contribution < 1.29 is 4.57 Å². The van der Waals surface area contributed by atoms with Crippen LogP contribution in [0.3, 0.4) is 0 Å². The van der Waals surface area contributed by atoms with Gasteiger partial charge in [-0.25, -0.2) is 4.57 Å². The van der Waals surface area contributed by atoms with Gasteiger partial charge >= 0.3 is 0 Å². The number of nitrogen functional groups attached to an aromatic ring is 1. The molecule has 1 heterocycles. The highest BCUT2D eigenvalue weighted by Crippen LogP contribution is 2.16. The third kappa shape index (κ3) is 0.925. The van der Waals surface area contributed by atoms with E-state index in [1.54, 1.807) is 0 Å². The Hall–Kier alpha value is -1.57. The molecule has 2 aromatic rings. The lowest BCUT2D eigenvalue weighted by Crippen LogP contribution is -2.27. The summed E-state index contributed by atoms with van der Waals surface area (Å²) in [5.74, 6) is 0. The van der Waals surface area contributed by atoms with Crippen LogP contribution in [-0.2, 0) is 7.05 Å². The average Bonchev–Trinajstić information content (AvgIpc) is 2.07. The SMILES string of the molecule is C[n+]1cccc2c(N)cccc21. The monoisotopic (exact) mass is 159 g/mol. The zero-order chi connectivity index (χ0) is 8.55. The molecule has 1 aromatic carbocycles. The maximum atomic E-state index is 5.81. The van der Waals surface area contributed by atoms with Gasteiger partial charge in [-0.15, -0.1) is 0 Å². The highest BCUT2D eigenvalue weighted by molar-refractivity contribution is 5.87. The van der Waals surface area contributed by atoms with E-state index >= 15 is 0 Å². The minimum Gasteiger partial charge on any atom is -0.398 e. The Morgan fingerprint density at radius 2 is 2.00 bits per heavy atom. The molecular weight excluding hydrogens is 148 g/mol. The maximum absolute atomic E-state index is 5.81. The number of rotatable bonds is 0. The van der Waals surface area contributed by atoms with E-state index in [0.29, 0.717) is 0 Å². The molecule has 0 bridgehead atoms. The van der Waals surface area contributed by atoms with Gasteiger partial charge in [0.1, 0.15) is 7.05 Å². The lowest BCUT2D eigenvalue weighted by atomic mass is 10.2. The summed E-state index contributed by atoms with van der Waals surface area (Å²) in [6.07, 6.45) is 2.02. The molecule has 0 spiro atoms. The second-order valence-corrected chi connectivity index (χ2v) is 2.90. The van der Waals surface area contributed by atoms with Gasteiger partial charge in [-0.05, 0) is 12.1 Å². The van der Waals surface area contributed by atoms with Crippen LogP contribution in [0.5, 0.6) is 0 Å². The molecule has 2 N–H and O–H groups in total. The van der Waals surface area contributed by atoms with Crippen LogP contribution in [-0.4, -0.2) is 0 Å². The zero-order valence-corrected chi connectivity index (χ0v) is 6.99. The van der Waals surface area contributed by atoms with Crippen molar-refractivity contribution >= 4 is 16.6 Å². The molecule has 0 aliphatic heterocycles. The molecule has 0 saturated heterocycles. The van der Waals surface area contributed by atoms with Gasteiger partial charge in [0.2, 0.25) is 5.52 Å². The van der Waals surface area contributed by atoms with E-state index in [4.69, 9.17) is 5.73 Å². The van der Waals surface area contributed by atoms with Gasteiger partial charge in [0.15, 0.2) is 6.20 Å². The molecule has 0 saturated carbocycles. The largest absolute Gasteiger partial charge is 0.398 e. The number of aromatic nitrogens is 1. The first kappa shape index (κ1) is 7.10. The molecule has 0 radical (unpaired) electrons. The number of hydrogen-bond donors (Lipinski definition) is 1. The summed E-state index contributed by atoms with van der Waals surface area (Å²) in [5.41, 5.74) is 7.81. The first-order valence-corrected chi connectivity index (χ1v) is 3.92. The smallest absolute Gasteiger partial charge is 0.214 e. The molecule has 2 rings (SSSR count). The first-order chi connectivity index (χ1) is 5.79. The summed E-state index contributed by atoms with van der Waals surface area (Å²) < 4.78 is 2.06. The summed E-state index contributed by atoms with van der Waals surface area (Å²) in [6.45, 7) is 0. The zero-order valence-electron chi connectivity index (χ0n) is 6.99. The van der Waals surface area contributed by atoms with E-state index in [1.165, 1.54) is 0 Å². The highest BCUT2D eigenvalue weighted by atomic mass is 14.9. The topological polar surface area (TPSA) is 29.9 Å². The molecule has 0 unspecified atom stereocenters. The molecule has 2 heteroatoms. The average molecular weight is 159 g/mol. The number of anilines is 1. The molecule has 12 heavy (non-hydrogen) atoms. The van der Waals surface area contributed by atoms with E-state index in [-0.39, 0.29) is 0 Å². The molecule has 0 fully saturated rings. The molecule has 0 aliphatic carbocycles. The molecular formula is C10H11N2+. The minimum absolute atomic E-state index is 0.837. The number of pyridine rings is 1. The van der Waals surface area contributed by atoms with Gasteiger partial charge in [-0.1, -0.05) is 6.07 Å². The van der Waals surface area contributed by atoms with E-state index in [2.05, 4.69) is 10.6 Å². The predicted molar refractivity (Wildman–Crippen MR) is 49.5 cm³/mol. The van der Waals surface area contributed by atoms with Crippen molar-refractivity contribution in [1.29, 1.82) is 0 Å². The summed E-state index contributed by atoms with van der Waals surface area (Å²) in [6, 6.07) is 9.98. The minimum atomic E-state index is 0.837. The Labute approximate surface area is 71.2 Å². The van der Waals surface area contributed by atoms with E-state index < -0.39 is 0 Å². The van der Waals surface area contributed by atoms with Crippen molar-refractivity contribution in [2.75, 3.05) is 5.73 Å². The van der Waals surface area contributed by atoms with Crippen LogP contribution < -0.4 is 10.3 Å². The van der Waals surface area contributed by atoms with Crippen LogP contribution in [0.15, 0.2) is 36.5 Å². The van der Waals surface area contributed by atoms with Gasteiger partial charge in [-0.3, -0.25) is 0 Å². The number of benzene rings is 1. The summed E-state index contributed by atoms with van der Waals surface area (Å²) in [7, 11) is 2.02. The van der Waals surface area contributed by atoms with Crippen LogP contribution in [0.4, 0.5) is 5.69 Å². The van der Waals surface area contributed by atoms with Crippen LogP contribution in [0, 0.1) is 0 Å². The quantitative estimate of drug-likeness (QED) is 0.455. The number of aryl methyl sites for hydroxylation is 1. The number of fused-ring (bicyclic) bond motifs is 1. The summed E-state index contributed by atoms with van der Waals surface area (Å²) >= 11 is 0. The normalized spacial score (nSPS) is 10.4. The van der Waals surface area contributed by atoms with Crippen molar-refractivity contribution in [3.05, 3.63) is 36.5 Å². The van der Waals surface area contributed by atoms with Crippen molar-refractivity contribution in [2.45, 2.75) is 0 Å². The summed E-state index contributed by atoms with van der Waals surface area (Å²) in [4.78, 5) is 0. The second-order valence-electron chi connectivity index (χ2n) is 2.90. The van der Waals surface area contributed by atoms with Gasteiger partial charge in [0, 0.05) is 17.8 Å². The first-order valence-electron chi connectivity index (χ1n) is 3.92. The molecule has 0 atom stereocenters. The molecule has 60 valence electrons. The molecule has 1 aromatic heterocycles. The van der Waals surface area contributed by atoms with Crippen LogP contribution in [0.1, 0.15) is 0 Å².